The molecular weight excluding hydrogens is 338 g/mol. The second-order valence-corrected chi connectivity index (χ2v) is 7.83. The van der Waals surface area contributed by atoms with Crippen LogP contribution >= 0.6 is 0 Å². The Balaban J connectivity index is 2.02. The molecule has 0 amide bonds. The highest BCUT2D eigenvalue weighted by Gasteiger charge is 2.34. The SMILES string of the molecule is CCOc1ccc(S(=O)(=O)N2CC(C)c3ccccc32)cc1OCC. The molecule has 0 aliphatic carbocycles. The molecule has 0 spiro atoms. The van der Waals surface area contributed by atoms with Crippen LogP contribution in [0.25, 0.3) is 0 Å². The monoisotopic (exact) mass is 361 g/mol. The normalized spacial score (nSPS) is 16.6. The van der Waals surface area contributed by atoms with Crippen LogP contribution in [0.15, 0.2) is 47.4 Å². The summed E-state index contributed by atoms with van der Waals surface area (Å²) in [4.78, 5) is 0.211. The summed E-state index contributed by atoms with van der Waals surface area (Å²) in [6, 6.07) is 12.4. The van der Waals surface area contributed by atoms with Crippen LogP contribution in [0, 0.1) is 0 Å². The van der Waals surface area contributed by atoms with Crippen LogP contribution in [-0.4, -0.2) is 28.2 Å². The van der Waals surface area contributed by atoms with Crippen molar-refractivity contribution in [1.82, 2.24) is 0 Å². The molecule has 6 heteroatoms. The Labute approximate surface area is 149 Å². The van der Waals surface area contributed by atoms with Crippen molar-refractivity contribution in [1.29, 1.82) is 0 Å². The molecule has 0 radical (unpaired) electrons. The highest BCUT2D eigenvalue weighted by Crippen LogP contribution is 2.40. The number of nitrogens with zero attached hydrogens (tertiary/aromatic N) is 1. The number of hydrogen-bond donors (Lipinski definition) is 0. The number of rotatable bonds is 6. The van der Waals surface area contributed by atoms with Gasteiger partial charge in [0.05, 0.1) is 23.8 Å². The Morgan fingerprint density at radius 2 is 1.72 bits per heavy atom. The highest BCUT2D eigenvalue weighted by molar-refractivity contribution is 7.92. The van der Waals surface area contributed by atoms with E-state index >= 15 is 0 Å². The molecule has 134 valence electrons. The summed E-state index contributed by atoms with van der Waals surface area (Å²) in [5.41, 5.74) is 1.81. The maximum Gasteiger partial charge on any atom is 0.264 e. The highest BCUT2D eigenvalue weighted by atomic mass is 32.2. The van der Waals surface area contributed by atoms with E-state index in [0.29, 0.717) is 31.3 Å². The molecule has 1 heterocycles. The maximum absolute atomic E-state index is 13.2. The number of sulfonamides is 1. The van der Waals surface area contributed by atoms with Crippen molar-refractivity contribution in [2.24, 2.45) is 0 Å². The van der Waals surface area contributed by atoms with Gasteiger partial charge >= 0.3 is 0 Å². The van der Waals surface area contributed by atoms with Gasteiger partial charge in [-0.1, -0.05) is 25.1 Å². The van der Waals surface area contributed by atoms with Crippen molar-refractivity contribution in [3.8, 4) is 11.5 Å². The van der Waals surface area contributed by atoms with Gasteiger partial charge < -0.3 is 9.47 Å². The van der Waals surface area contributed by atoms with E-state index in [0.717, 1.165) is 11.3 Å². The van der Waals surface area contributed by atoms with E-state index < -0.39 is 10.0 Å². The van der Waals surface area contributed by atoms with Crippen LogP contribution in [0.4, 0.5) is 5.69 Å². The van der Waals surface area contributed by atoms with Gasteiger partial charge in [-0.25, -0.2) is 8.42 Å². The summed E-state index contributed by atoms with van der Waals surface area (Å²) in [6.45, 7) is 7.14. The Morgan fingerprint density at radius 1 is 1.04 bits per heavy atom. The van der Waals surface area contributed by atoms with E-state index in [1.165, 1.54) is 4.31 Å². The van der Waals surface area contributed by atoms with Crippen molar-refractivity contribution in [3.63, 3.8) is 0 Å². The Hall–Kier alpha value is -2.21. The predicted octanol–water partition coefficient (Wildman–Crippen LogP) is 3.80. The van der Waals surface area contributed by atoms with Gasteiger partial charge in [-0.15, -0.1) is 0 Å². The lowest BCUT2D eigenvalue weighted by atomic mass is 10.0. The number of anilines is 1. The first kappa shape index (κ1) is 17.6. The molecule has 0 aromatic heterocycles. The van der Waals surface area contributed by atoms with E-state index in [1.54, 1.807) is 18.2 Å². The van der Waals surface area contributed by atoms with Crippen LogP contribution in [-0.2, 0) is 10.0 Å². The zero-order chi connectivity index (χ0) is 18.0. The molecule has 2 aromatic carbocycles. The summed E-state index contributed by atoms with van der Waals surface area (Å²) in [7, 11) is -3.66. The molecule has 1 unspecified atom stereocenters. The summed E-state index contributed by atoms with van der Waals surface area (Å²) in [5, 5.41) is 0. The fourth-order valence-electron chi connectivity index (χ4n) is 3.12. The second-order valence-electron chi connectivity index (χ2n) is 5.97. The van der Waals surface area contributed by atoms with Crippen molar-refractivity contribution in [2.75, 3.05) is 24.1 Å². The van der Waals surface area contributed by atoms with Gasteiger partial charge in [0.2, 0.25) is 0 Å². The molecule has 3 rings (SSSR count). The van der Waals surface area contributed by atoms with Gasteiger partial charge in [0.1, 0.15) is 0 Å². The first-order chi connectivity index (χ1) is 12.0. The number of ether oxygens (including phenoxy) is 2. The van der Waals surface area contributed by atoms with E-state index in [9.17, 15) is 8.42 Å². The van der Waals surface area contributed by atoms with Crippen molar-refractivity contribution >= 4 is 15.7 Å². The number of para-hydroxylation sites is 1. The molecule has 0 saturated carbocycles. The van der Waals surface area contributed by atoms with Gasteiger partial charge in [0.15, 0.2) is 11.5 Å². The van der Waals surface area contributed by atoms with Crippen LogP contribution in [0.1, 0.15) is 32.3 Å². The lowest BCUT2D eigenvalue weighted by molar-refractivity contribution is 0.287. The number of benzene rings is 2. The van der Waals surface area contributed by atoms with Crippen LogP contribution in [0.3, 0.4) is 0 Å². The Kier molecular flexibility index (Phi) is 4.90. The van der Waals surface area contributed by atoms with E-state index in [2.05, 4.69) is 0 Å². The van der Waals surface area contributed by atoms with E-state index in [-0.39, 0.29) is 10.8 Å². The average molecular weight is 361 g/mol. The van der Waals surface area contributed by atoms with Crippen LogP contribution < -0.4 is 13.8 Å². The second kappa shape index (κ2) is 6.96. The standard InChI is InChI=1S/C19H23NO4S/c1-4-23-18-11-10-15(12-19(18)24-5-2)25(21,22)20-13-14(3)16-8-6-7-9-17(16)20/h6-12,14H,4-5,13H2,1-3H3. The van der Waals surface area contributed by atoms with Crippen molar-refractivity contribution in [2.45, 2.75) is 31.6 Å². The summed E-state index contributed by atoms with van der Waals surface area (Å²) in [6.07, 6.45) is 0. The zero-order valence-electron chi connectivity index (χ0n) is 14.7. The smallest absolute Gasteiger partial charge is 0.264 e. The minimum Gasteiger partial charge on any atom is -0.490 e. The quantitative estimate of drug-likeness (QED) is 0.785. The molecule has 25 heavy (non-hydrogen) atoms. The minimum absolute atomic E-state index is 0.167. The molecular formula is C19H23NO4S. The molecule has 2 aromatic rings. The molecule has 0 fully saturated rings. The van der Waals surface area contributed by atoms with Crippen molar-refractivity contribution < 1.29 is 17.9 Å². The van der Waals surface area contributed by atoms with E-state index in [1.807, 2.05) is 45.0 Å². The fourth-order valence-corrected chi connectivity index (χ4v) is 4.72. The van der Waals surface area contributed by atoms with Gasteiger partial charge in [-0.3, -0.25) is 4.31 Å². The van der Waals surface area contributed by atoms with Crippen LogP contribution in [0.5, 0.6) is 11.5 Å². The maximum atomic E-state index is 13.2. The van der Waals surface area contributed by atoms with Gasteiger partial charge in [0, 0.05) is 18.5 Å². The molecule has 0 bridgehead atoms. The molecule has 1 aliphatic heterocycles. The van der Waals surface area contributed by atoms with Gasteiger partial charge in [0.25, 0.3) is 10.0 Å². The van der Waals surface area contributed by atoms with Crippen molar-refractivity contribution in [3.05, 3.63) is 48.0 Å². The molecule has 1 atom stereocenters. The first-order valence-corrected chi connectivity index (χ1v) is 9.94. The largest absolute Gasteiger partial charge is 0.490 e. The minimum atomic E-state index is -3.66. The third kappa shape index (κ3) is 3.18. The first-order valence-electron chi connectivity index (χ1n) is 8.50. The Bertz CT molecular complexity index is 863. The summed E-state index contributed by atoms with van der Waals surface area (Å²) >= 11 is 0. The Morgan fingerprint density at radius 3 is 2.44 bits per heavy atom. The zero-order valence-corrected chi connectivity index (χ0v) is 15.5. The molecule has 0 saturated heterocycles. The number of hydrogen-bond acceptors (Lipinski definition) is 4. The summed E-state index contributed by atoms with van der Waals surface area (Å²) in [5.74, 6) is 1.17. The molecule has 0 N–H and O–H groups in total. The van der Waals surface area contributed by atoms with Gasteiger partial charge in [-0.05, 0) is 37.6 Å². The summed E-state index contributed by atoms with van der Waals surface area (Å²) < 4.78 is 39.0. The average Bonchev–Trinajstić information content (AvgIpc) is 2.95. The lowest BCUT2D eigenvalue weighted by Gasteiger charge is -2.21. The van der Waals surface area contributed by atoms with Crippen LogP contribution in [0.2, 0.25) is 0 Å². The van der Waals surface area contributed by atoms with Gasteiger partial charge in [-0.2, -0.15) is 0 Å². The number of fused-ring (bicyclic) bond motifs is 1. The fraction of sp³-hybridized carbons (Fsp3) is 0.368. The lowest BCUT2D eigenvalue weighted by Crippen LogP contribution is -2.29. The third-order valence-corrected chi connectivity index (χ3v) is 6.05. The topological polar surface area (TPSA) is 55.8 Å². The third-order valence-electron chi connectivity index (χ3n) is 4.28. The molecule has 5 nitrogen and oxygen atoms in total. The predicted molar refractivity (Wildman–Crippen MR) is 98.2 cm³/mol. The molecule has 1 aliphatic rings. The van der Waals surface area contributed by atoms with E-state index in [4.69, 9.17) is 9.47 Å².